The fourth-order valence-corrected chi connectivity index (χ4v) is 0.749. The first kappa shape index (κ1) is 12.2. The van der Waals surface area contributed by atoms with Crippen LogP contribution in [0.4, 0.5) is 0 Å². The average Bonchev–Trinajstić information content (AvgIpc) is 1.98. The molecule has 0 atom stereocenters. The first-order valence-electron chi connectivity index (χ1n) is 3.92. The summed E-state index contributed by atoms with van der Waals surface area (Å²) in [7, 11) is 0. The Balaban J connectivity index is 4.45. The SMILES string of the molecule is CC(=C/C(=O)O)/C=C/C(C)=C\C(=O)O. The molecule has 0 aromatic carbocycles. The monoisotopic (exact) mass is 196 g/mol. The predicted molar refractivity (Wildman–Crippen MR) is 51.9 cm³/mol. The lowest BCUT2D eigenvalue weighted by molar-refractivity contribution is -0.132. The van der Waals surface area contributed by atoms with Gasteiger partial charge in [0.15, 0.2) is 0 Å². The highest BCUT2D eigenvalue weighted by molar-refractivity contribution is 5.82. The Bertz CT molecular complexity index is 289. The number of carboxylic acids is 2. The third-order valence-electron chi connectivity index (χ3n) is 1.31. The Kier molecular flexibility index (Phi) is 4.99. The highest BCUT2D eigenvalue weighted by Gasteiger charge is 1.91. The summed E-state index contributed by atoms with van der Waals surface area (Å²) >= 11 is 0. The quantitative estimate of drug-likeness (QED) is 0.529. The molecule has 0 radical (unpaired) electrons. The van der Waals surface area contributed by atoms with E-state index in [4.69, 9.17) is 10.2 Å². The zero-order valence-electron chi connectivity index (χ0n) is 8.02. The molecule has 0 aliphatic heterocycles. The lowest BCUT2D eigenvalue weighted by Gasteiger charge is -1.90. The fourth-order valence-electron chi connectivity index (χ4n) is 0.749. The molecule has 0 spiro atoms. The minimum absolute atomic E-state index is 0.552. The molecule has 0 heterocycles. The second kappa shape index (κ2) is 5.75. The Morgan fingerprint density at radius 1 is 0.857 bits per heavy atom. The topological polar surface area (TPSA) is 74.6 Å². The van der Waals surface area contributed by atoms with Crippen LogP contribution in [0, 0.1) is 0 Å². The summed E-state index contributed by atoms with van der Waals surface area (Å²) in [5.74, 6) is -2.04. The first-order chi connectivity index (χ1) is 6.41. The minimum Gasteiger partial charge on any atom is -0.478 e. The number of hydrogen-bond donors (Lipinski definition) is 2. The Hall–Kier alpha value is -1.84. The molecule has 76 valence electrons. The van der Waals surface area contributed by atoms with E-state index in [0.717, 1.165) is 12.2 Å². The summed E-state index contributed by atoms with van der Waals surface area (Å²) in [5, 5.41) is 16.8. The van der Waals surface area contributed by atoms with Crippen molar-refractivity contribution < 1.29 is 19.8 Å². The summed E-state index contributed by atoms with van der Waals surface area (Å²) in [5.41, 5.74) is 1.10. The molecule has 0 aliphatic carbocycles. The Morgan fingerprint density at radius 3 is 1.36 bits per heavy atom. The number of rotatable bonds is 4. The van der Waals surface area contributed by atoms with Gasteiger partial charge in [0, 0.05) is 12.2 Å². The van der Waals surface area contributed by atoms with E-state index in [1.54, 1.807) is 26.0 Å². The van der Waals surface area contributed by atoms with Crippen molar-refractivity contribution >= 4 is 11.9 Å². The number of carboxylic acid groups (broad SMARTS) is 2. The van der Waals surface area contributed by atoms with Crippen LogP contribution >= 0.6 is 0 Å². The lowest BCUT2D eigenvalue weighted by Crippen LogP contribution is -1.89. The normalized spacial score (nSPS) is 13.3. The first-order valence-corrected chi connectivity index (χ1v) is 3.92. The lowest BCUT2D eigenvalue weighted by atomic mass is 10.2. The van der Waals surface area contributed by atoms with Crippen molar-refractivity contribution in [3.8, 4) is 0 Å². The van der Waals surface area contributed by atoms with Crippen LogP contribution in [-0.4, -0.2) is 22.2 Å². The van der Waals surface area contributed by atoms with Crippen molar-refractivity contribution in [1.29, 1.82) is 0 Å². The zero-order chi connectivity index (χ0) is 11.1. The standard InChI is InChI=1S/C10H12O4/c1-7(5-9(11)12)3-4-8(2)6-10(13)14/h3-6H,1-2H3,(H,11,12)(H,13,14)/b4-3+,7-5-,8-6-. The minimum atomic E-state index is -1.02. The van der Waals surface area contributed by atoms with Gasteiger partial charge in [-0.1, -0.05) is 12.2 Å². The maximum absolute atomic E-state index is 10.2. The molecule has 0 aliphatic rings. The number of carbonyl (C=O) groups is 2. The van der Waals surface area contributed by atoms with E-state index in [0.29, 0.717) is 11.1 Å². The number of allylic oxidation sites excluding steroid dienone is 4. The van der Waals surface area contributed by atoms with Gasteiger partial charge in [-0.15, -0.1) is 0 Å². The van der Waals surface area contributed by atoms with Crippen molar-refractivity contribution in [2.75, 3.05) is 0 Å². The zero-order valence-corrected chi connectivity index (χ0v) is 8.02. The number of hydrogen-bond acceptors (Lipinski definition) is 2. The van der Waals surface area contributed by atoms with Gasteiger partial charge >= 0.3 is 11.9 Å². The van der Waals surface area contributed by atoms with E-state index in [9.17, 15) is 9.59 Å². The second-order valence-corrected chi connectivity index (χ2v) is 2.79. The molecular formula is C10H12O4. The largest absolute Gasteiger partial charge is 0.478 e. The molecule has 0 aromatic heterocycles. The van der Waals surface area contributed by atoms with Gasteiger partial charge in [-0.05, 0) is 25.0 Å². The molecule has 0 fully saturated rings. The van der Waals surface area contributed by atoms with Crippen molar-refractivity contribution in [3.63, 3.8) is 0 Å². The molecule has 0 unspecified atom stereocenters. The van der Waals surface area contributed by atoms with E-state index in [1.807, 2.05) is 0 Å². The molecule has 0 rings (SSSR count). The van der Waals surface area contributed by atoms with Crippen molar-refractivity contribution in [3.05, 3.63) is 35.5 Å². The fraction of sp³-hybridized carbons (Fsp3) is 0.200. The van der Waals surface area contributed by atoms with Gasteiger partial charge in [-0.25, -0.2) is 9.59 Å². The van der Waals surface area contributed by atoms with Gasteiger partial charge in [-0.2, -0.15) is 0 Å². The van der Waals surface area contributed by atoms with Gasteiger partial charge in [0.25, 0.3) is 0 Å². The van der Waals surface area contributed by atoms with Crippen LogP contribution in [-0.2, 0) is 9.59 Å². The predicted octanol–water partition coefficient (Wildman–Crippen LogP) is 1.60. The van der Waals surface area contributed by atoms with Gasteiger partial charge < -0.3 is 10.2 Å². The molecule has 0 saturated carbocycles. The maximum atomic E-state index is 10.2. The van der Waals surface area contributed by atoms with Crippen LogP contribution < -0.4 is 0 Å². The third-order valence-corrected chi connectivity index (χ3v) is 1.31. The highest BCUT2D eigenvalue weighted by Crippen LogP contribution is 2.00. The molecule has 0 bridgehead atoms. The Labute approximate surface area is 81.9 Å². The van der Waals surface area contributed by atoms with E-state index in [1.165, 1.54) is 0 Å². The third kappa shape index (κ3) is 6.84. The summed E-state index contributed by atoms with van der Waals surface area (Å²) in [6.07, 6.45) is 5.18. The van der Waals surface area contributed by atoms with Gasteiger partial charge in [0.2, 0.25) is 0 Å². The van der Waals surface area contributed by atoms with Crippen LogP contribution in [0.5, 0.6) is 0 Å². The van der Waals surface area contributed by atoms with E-state index >= 15 is 0 Å². The second-order valence-electron chi connectivity index (χ2n) is 2.79. The van der Waals surface area contributed by atoms with Crippen LogP contribution in [0.2, 0.25) is 0 Å². The van der Waals surface area contributed by atoms with Crippen LogP contribution in [0.3, 0.4) is 0 Å². The van der Waals surface area contributed by atoms with Crippen LogP contribution in [0.15, 0.2) is 35.5 Å². The highest BCUT2D eigenvalue weighted by atomic mass is 16.4. The molecular weight excluding hydrogens is 184 g/mol. The maximum Gasteiger partial charge on any atom is 0.328 e. The number of aliphatic carboxylic acids is 2. The van der Waals surface area contributed by atoms with E-state index in [2.05, 4.69) is 0 Å². The van der Waals surface area contributed by atoms with Gasteiger partial charge in [0.05, 0.1) is 0 Å². The molecule has 4 nitrogen and oxygen atoms in total. The Morgan fingerprint density at radius 2 is 1.14 bits per heavy atom. The smallest absolute Gasteiger partial charge is 0.328 e. The molecule has 0 aromatic rings. The van der Waals surface area contributed by atoms with Gasteiger partial charge in [-0.3, -0.25) is 0 Å². The average molecular weight is 196 g/mol. The molecule has 0 saturated heterocycles. The van der Waals surface area contributed by atoms with E-state index in [-0.39, 0.29) is 0 Å². The molecule has 2 N–H and O–H groups in total. The van der Waals surface area contributed by atoms with Crippen molar-refractivity contribution in [2.45, 2.75) is 13.8 Å². The van der Waals surface area contributed by atoms with Crippen molar-refractivity contribution in [2.24, 2.45) is 0 Å². The van der Waals surface area contributed by atoms with Crippen LogP contribution in [0.1, 0.15) is 13.8 Å². The van der Waals surface area contributed by atoms with Gasteiger partial charge in [0.1, 0.15) is 0 Å². The summed E-state index contributed by atoms with van der Waals surface area (Å²) in [6, 6.07) is 0. The summed E-state index contributed by atoms with van der Waals surface area (Å²) < 4.78 is 0. The van der Waals surface area contributed by atoms with Crippen molar-refractivity contribution in [1.82, 2.24) is 0 Å². The molecule has 4 heteroatoms. The van der Waals surface area contributed by atoms with E-state index < -0.39 is 11.9 Å². The molecule has 0 amide bonds. The summed E-state index contributed by atoms with van der Waals surface area (Å²) in [6.45, 7) is 3.25. The molecule has 14 heavy (non-hydrogen) atoms. The van der Waals surface area contributed by atoms with Crippen LogP contribution in [0.25, 0.3) is 0 Å². The summed E-state index contributed by atoms with van der Waals surface area (Å²) in [4.78, 5) is 20.4.